The number of carbonyl (C=O) groups excluding carboxylic acids is 2. The SMILES string of the molecule is O=C(Nc1cc(Cl)ccc1C(=O)NCC(c1ccco1)N1CCCC1)c1cccs1. The molecule has 30 heavy (non-hydrogen) atoms. The Kier molecular flexibility index (Phi) is 6.52. The van der Waals surface area contributed by atoms with Crippen LogP contribution in [0, 0.1) is 0 Å². The van der Waals surface area contributed by atoms with E-state index in [0.717, 1.165) is 31.7 Å². The van der Waals surface area contributed by atoms with Crippen LogP contribution in [0.15, 0.2) is 58.5 Å². The van der Waals surface area contributed by atoms with E-state index < -0.39 is 0 Å². The first-order valence-corrected chi connectivity index (χ1v) is 11.1. The van der Waals surface area contributed by atoms with Crippen molar-refractivity contribution in [1.82, 2.24) is 10.2 Å². The third-order valence-corrected chi connectivity index (χ3v) is 6.23. The van der Waals surface area contributed by atoms with Crippen molar-refractivity contribution in [2.24, 2.45) is 0 Å². The molecule has 2 aromatic heterocycles. The van der Waals surface area contributed by atoms with Crippen molar-refractivity contribution >= 4 is 40.4 Å². The van der Waals surface area contributed by atoms with Gasteiger partial charge in [-0.15, -0.1) is 11.3 Å². The lowest BCUT2D eigenvalue weighted by Crippen LogP contribution is -2.37. The maximum absolute atomic E-state index is 13.0. The second-order valence-corrected chi connectivity index (χ2v) is 8.49. The van der Waals surface area contributed by atoms with Crippen LogP contribution in [0.2, 0.25) is 5.02 Å². The number of carbonyl (C=O) groups is 2. The highest BCUT2D eigenvalue weighted by Crippen LogP contribution is 2.26. The number of likely N-dealkylation sites (tertiary alicyclic amines) is 1. The van der Waals surface area contributed by atoms with Gasteiger partial charge in [0, 0.05) is 11.6 Å². The summed E-state index contributed by atoms with van der Waals surface area (Å²) in [5, 5.41) is 8.07. The van der Waals surface area contributed by atoms with E-state index in [1.165, 1.54) is 11.3 Å². The number of hydrogen-bond donors (Lipinski definition) is 2. The smallest absolute Gasteiger partial charge is 0.265 e. The highest BCUT2D eigenvalue weighted by molar-refractivity contribution is 7.12. The van der Waals surface area contributed by atoms with E-state index in [1.807, 2.05) is 17.5 Å². The Morgan fingerprint density at radius 1 is 1.13 bits per heavy atom. The summed E-state index contributed by atoms with van der Waals surface area (Å²) >= 11 is 7.45. The minimum atomic E-state index is -0.274. The van der Waals surface area contributed by atoms with Crippen LogP contribution in [-0.4, -0.2) is 36.3 Å². The maximum atomic E-state index is 13.0. The lowest BCUT2D eigenvalue weighted by Gasteiger charge is -2.26. The zero-order valence-electron chi connectivity index (χ0n) is 16.3. The summed E-state index contributed by atoms with van der Waals surface area (Å²) in [5.74, 6) is 0.287. The van der Waals surface area contributed by atoms with Crippen LogP contribution >= 0.6 is 22.9 Å². The van der Waals surface area contributed by atoms with Gasteiger partial charge in [0.2, 0.25) is 0 Å². The fourth-order valence-electron chi connectivity index (χ4n) is 3.64. The van der Waals surface area contributed by atoms with Crippen LogP contribution in [-0.2, 0) is 0 Å². The van der Waals surface area contributed by atoms with Crippen molar-refractivity contribution < 1.29 is 14.0 Å². The van der Waals surface area contributed by atoms with E-state index in [9.17, 15) is 9.59 Å². The first kappa shape index (κ1) is 20.7. The minimum Gasteiger partial charge on any atom is -0.468 e. The first-order chi connectivity index (χ1) is 14.6. The second-order valence-electron chi connectivity index (χ2n) is 7.11. The lowest BCUT2D eigenvalue weighted by atomic mass is 10.1. The molecule has 0 bridgehead atoms. The number of rotatable bonds is 7. The van der Waals surface area contributed by atoms with Gasteiger partial charge < -0.3 is 15.1 Å². The molecule has 1 saturated heterocycles. The number of benzene rings is 1. The summed E-state index contributed by atoms with van der Waals surface area (Å²) in [6.45, 7) is 2.36. The van der Waals surface area contributed by atoms with Crippen molar-refractivity contribution in [2.45, 2.75) is 18.9 Å². The molecule has 1 aliphatic rings. The number of amides is 2. The zero-order valence-corrected chi connectivity index (χ0v) is 17.8. The van der Waals surface area contributed by atoms with Gasteiger partial charge in [-0.2, -0.15) is 0 Å². The van der Waals surface area contributed by atoms with Gasteiger partial charge in [-0.3, -0.25) is 14.5 Å². The van der Waals surface area contributed by atoms with Crippen LogP contribution in [0.4, 0.5) is 5.69 Å². The summed E-state index contributed by atoms with van der Waals surface area (Å²) < 4.78 is 5.61. The molecular weight excluding hydrogens is 422 g/mol. The predicted octanol–water partition coefficient (Wildman–Crippen LogP) is 4.81. The standard InChI is InChI=1S/C22H22ClN3O3S/c23-15-7-8-16(17(13-15)25-22(28)20-6-4-12-30-20)21(27)24-14-18(19-5-3-11-29-19)26-9-1-2-10-26/h3-8,11-13,18H,1-2,9-10,14H2,(H,24,27)(H,25,28). The van der Waals surface area contributed by atoms with E-state index >= 15 is 0 Å². The molecule has 2 N–H and O–H groups in total. The molecule has 3 aromatic rings. The fourth-order valence-corrected chi connectivity index (χ4v) is 4.43. The molecule has 1 atom stereocenters. The van der Waals surface area contributed by atoms with Gasteiger partial charge in [-0.05, 0) is 67.7 Å². The van der Waals surface area contributed by atoms with E-state index in [4.69, 9.17) is 16.0 Å². The van der Waals surface area contributed by atoms with Crippen LogP contribution < -0.4 is 10.6 Å². The van der Waals surface area contributed by atoms with Gasteiger partial charge in [0.05, 0.1) is 28.4 Å². The third-order valence-electron chi connectivity index (χ3n) is 5.13. The van der Waals surface area contributed by atoms with Crippen molar-refractivity contribution in [3.8, 4) is 0 Å². The second kappa shape index (κ2) is 9.47. The van der Waals surface area contributed by atoms with Gasteiger partial charge >= 0.3 is 0 Å². The molecule has 0 spiro atoms. The monoisotopic (exact) mass is 443 g/mol. The lowest BCUT2D eigenvalue weighted by molar-refractivity contribution is 0.0934. The molecule has 1 fully saturated rings. The van der Waals surface area contributed by atoms with Crippen LogP contribution in [0.3, 0.4) is 0 Å². The molecule has 1 aromatic carbocycles. The molecule has 0 aliphatic carbocycles. The Morgan fingerprint density at radius 2 is 1.97 bits per heavy atom. The molecule has 3 heterocycles. The highest BCUT2D eigenvalue weighted by Gasteiger charge is 2.26. The Labute approximate surface area is 183 Å². The number of nitrogens with zero attached hydrogens (tertiary/aromatic N) is 1. The largest absolute Gasteiger partial charge is 0.468 e. The molecule has 0 radical (unpaired) electrons. The van der Waals surface area contributed by atoms with E-state index in [-0.39, 0.29) is 17.9 Å². The average Bonchev–Trinajstić information content (AvgIpc) is 3.51. The Morgan fingerprint density at radius 3 is 2.67 bits per heavy atom. The molecule has 8 heteroatoms. The van der Waals surface area contributed by atoms with E-state index in [2.05, 4.69) is 15.5 Å². The predicted molar refractivity (Wildman–Crippen MR) is 118 cm³/mol. The summed E-state index contributed by atoms with van der Waals surface area (Å²) in [6.07, 6.45) is 3.93. The summed E-state index contributed by atoms with van der Waals surface area (Å²) in [6, 6.07) is 12.2. The van der Waals surface area contributed by atoms with Gasteiger partial charge in [0.1, 0.15) is 5.76 Å². The molecule has 6 nitrogen and oxygen atoms in total. The molecule has 2 amide bonds. The zero-order chi connectivity index (χ0) is 20.9. The van der Waals surface area contributed by atoms with Gasteiger partial charge in [-0.1, -0.05) is 17.7 Å². The minimum absolute atomic E-state index is 0.0251. The number of thiophene rings is 1. The molecule has 4 rings (SSSR count). The molecular formula is C22H22ClN3O3S. The van der Waals surface area contributed by atoms with E-state index in [1.54, 1.807) is 36.6 Å². The Hall–Kier alpha value is -2.61. The Bertz CT molecular complexity index is 999. The average molecular weight is 444 g/mol. The summed E-state index contributed by atoms with van der Waals surface area (Å²) in [5.41, 5.74) is 0.748. The van der Waals surface area contributed by atoms with Crippen molar-refractivity contribution in [1.29, 1.82) is 0 Å². The number of anilines is 1. The summed E-state index contributed by atoms with van der Waals surface area (Å²) in [4.78, 5) is 28.3. The fraction of sp³-hybridized carbons (Fsp3) is 0.273. The van der Waals surface area contributed by atoms with Crippen LogP contribution in [0.5, 0.6) is 0 Å². The Balaban J connectivity index is 1.49. The molecule has 1 aliphatic heterocycles. The van der Waals surface area contributed by atoms with Crippen LogP contribution in [0.25, 0.3) is 0 Å². The third kappa shape index (κ3) is 4.75. The topological polar surface area (TPSA) is 74.6 Å². The van der Waals surface area contributed by atoms with Crippen molar-refractivity contribution in [3.63, 3.8) is 0 Å². The number of nitrogens with one attached hydrogen (secondary N) is 2. The van der Waals surface area contributed by atoms with Gasteiger partial charge in [0.15, 0.2) is 0 Å². The van der Waals surface area contributed by atoms with Gasteiger partial charge in [0.25, 0.3) is 11.8 Å². The maximum Gasteiger partial charge on any atom is 0.265 e. The van der Waals surface area contributed by atoms with Crippen LogP contribution in [0.1, 0.15) is 44.7 Å². The normalized spacial score (nSPS) is 15.1. The molecule has 0 saturated carbocycles. The van der Waals surface area contributed by atoms with Crippen molar-refractivity contribution in [3.05, 3.63) is 75.3 Å². The van der Waals surface area contributed by atoms with Gasteiger partial charge in [-0.25, -0.2) is 0 Å². The number of hydrogen-bond acceptors (Lipinski definition) is 5. The first-order valence-electron chi connectivity index (χ1n) is 9.82. The molecule has 156 valence electrons. The number of furan rings is 1. The highest BCUT2D eigenvalue weighted by atomic mass is 35.5. The molecule has 1 unspecified atom stereocenters. The summed E-state index contributed by atoms with van der Waals surface area (Å²) in [7, 11) is 0. The van der Waals surface area contributed by atoms with Crippen molar-refractivity contribution in [2.75, 3.05) is 25.0 Å². The quantitative estimate of drug-likeness (QED) is 0.549. The number of halogens is 1. The van der Waals surface area contributed by atoms with E-state index in [0.29, 0.717) is 27.7 Å².